The Morgan fingerprint density at radius 2 is 2.20 bits per heavy atom. The predicted octanol–water partition coefficient (Wildman–Crippen LogP) is 1.94. The number of H-pyrrole nitrogens is 1. The zero-order valence-electron chi connectivity index (χ0n) is 10.9. The van der Waals surface area contributed by atoms with Gasteiger partial charge in [0.1, 0.15) is 0 Å². The molecule has 106 valence electrons. The van der Waals surface area contributed by atoms with Crippen LogP contribution in [0.15, 0.2) is 33.8 Å². The van der Waals surface area contributed by atoms with E-state index in [9.17, 15) is 4.79 Å². The van der Waals surface area contributed by atoms with Crippen molar-refractivity contribution in [1.82, 2.24) is 15.0 Å². The van der Waals surface area contributed by atoms with Crippen LogP contribution in [-0.2, 0) is 6.42 Å². The minimum absolute atomic E-state index is 0.158. The number of aromatic nitrogens is 3. The number of aryl methyl sites for hydroxylation is 1. The number of nitrogens with one attached hydrogen (secondary N) is 2. The Balaban J connectivity index is 1.73. The molecule has 0 unspecified atom stereocenters. The van der Waals surface area contributed by atoms with Crippen molar-refractivity contribution in [2.75, 3.05) is 17.6 Å². The molecule has 0 bridgehead atoms. The molecule has 0 atom stereocenters. The van der Waals surface area contributed by atoms with E-state index in [2.05, 4.69) is 36.2 Å². The van der Waals surface area contributed by atoms with Gasteiger partial charge in [-0.25, -0.2) is 4.98 Å². The van der Waals surface area contributed by atoms with Crippen molar-refractivity contribution in [3.05, 3.63) is 45.0 Å². The lowest BCUT2D eigenvalue weighted by atomic mass is 10.1. The van der Waals surface area contributed by atoms with Crippen LogP contribution in [0.5, 0.6) is 0 Å². The largest absolute Gasteiger partial charge is 0.397 e. The molecule has 2 aromatic heterocycles. The molecule has 0 aromatic carbocycles. The summed E-state index contributed by atoms with van der Waals surface area (Å²) < 4.78 is 0.888. The van der Waals surface area contributed by atoms with Gasteiger partial charge in [0, 0.05) is 29.5 Å². The van der Waals surface area contributed by atoms with E-state index in [0.717, 1.165) is 36.0 Å². The number of hydrogen-bond donors (Lipinski definition) is 3. The summed E-state index contributed by atoms with van der Waals surface area (Å²) in [6.07, 6.45) is 5.97. The molecule has 2 rings (SSSR count). The number of hydrogen-bond acceptors (Lipinski definition) is 5. The van der Waals surface area contributed by atoms with Gasteiger partial charge in [-0.2, -0.15) is 0 Å². The van der Waals surface area contributed by atoms with Crippen molar-refractivity contribution in [2.24, 2.45) is 0 Å². The molecule has 0 amide bonds. The summed E-state index contributed by atoms with van der Waals surface area (Å²) in [5.74, 6) is 0.499. The second kappa shape index (κ2) is 7.04. The third-order valence-corrected chi connectivity index (χ3v) is 3.21. The minimum Gasteiger partial charge on any atom is -0.397 e. The Hall–Kier alpha value is -1.89. The zero-order valence-corrected chi connectivity index (χ0v) is 12.5. The average molecular weight is 338 g/mol. The number of unbranched alkanes of at least 4 members (excludes halogenated alkanes) is 1. The molecule has 20 heavy (non-hydrogen) atoms. The normalized spacial score (nSPS) is 10.4. The number of pyridine rings is 1. The number of nitrogen functional groups attached to an aromatic ring is 1. The summed E-state index contributed by atoms with van der Waals surface area (Å²) in [5.41, 5.74) is 7.35. The van der Waals surface area contributed by atoms with E-state index in [0.29, 0.717) is 11.6 Å². The summed E-state index contributed by atoms with van der Waals surface area (Å²) >= 11 is 3.33. The van der Waals surface area contributed by atoms with Crippen molar-refractivity contribution in [3.63, 3.8) is 0 Å². The molecule has 0 saturated heterocycles. The van der Waals surface area contributed by atoms with E-state index in [4.69, 9.17) is 5.73 Å². The first-order valence-electron chi connectivity index (χ1n) is 6.34. The van der Waals surface area contributed by atoms with Gasteiger partial charge < -0.3 is 11.1 Å². The molecule has 0 aliphatic carbocycles. The topological polar surface area (TPSA) is 96.7 Å². The number of aromatic amines is 1. The van der Waals surface area contributed by atoms with Crippen LogP contribution in [0.3, 0.4) is 0 Å². The minimum atomic E-state index is -0.158. The Kier molecular flexibility index (Phi) is 5.11. The number of rotatable bonds is 6. The molecule has 0 radical (unpaired) electrons. The molecule has 7 heteroatoms. The highest BCUT2D eigenvalue weighted by Gasteiger charge is 2.01. The van der Waals surface area contributed by atoms with Gasteiger partial charge in [-0.1, -0.05) is 0 Å². The number of nitrogens with zero attached hydrogens (tertiary/aromatic N) is 2. The third kappa shape index (κ3) is 4.34. The summed E-state index contributed by atoms with van der Waals surface area (Å²) in [7, 11) is 0. The van der Waals surface area contributed by atoms with Crippen LogP contribution in [0.25, 0.3) is 0 Å². The van der Waals surface area contributed by atoms with Crippen LogP contribution in [0.1, 0.15) is 18.5 Å². The lowest BCUT2D eigenvalue weighted by Gasteiger charge is -2.06. The van der Waals surface area contributed by atoms with Gasteiger partial charge in [0.05, 0.1) is 11.4 Å². The fraction of sp³-hybridized carbons (Fsp3) is 0.308. The van der Waals surface area contributed by atoms with E-state index in [1.807, 2.05) is 6.07 Å². The molecule has 0 fully saturated rings. The van der Waals surface area contributed by atoms with Gasteiger partial charge >= 0.3 is 0 Å². The average Bonchev–Trinajstić information content (AvgIpc) is 2.41. The monoisotopic (exact) mass is 337 g/mol. The van der Waals surface area contributed by atoms with Gasteiger partial charge in [-0.15, -0.1) is 0 Å². The first kappa shape index (κ1) is 14.5. The first-order chi connectivity index (χ1) is 9.65. The summed E-state index contributed by atoms with van der Waals surface area (Å²) in [6, 6.07) is 3.24. The lowest BCUT2D eigenvalue weighted by molar-refractivity contribution is 0.746. The maximum atomic E-state index is 11.1. The molecule has 2 aromatic rings. The lowest BCUT2D eigenvalue weighted by Crippen LogP contribution is -2.12. The van der Waals surface area contributed by atoms with E-state index in [-0.39, 0.29) is 5.56 Å². The highest BCUT2D eigenvalue weighted by Crippen LogP contribution is 2.17. The van der Waals surface area contributed by atoms with Gasteiger partial charge in [-0.05, 0) is 41.3 Å². The van der Waals surface area contributed by atoms with Crippen LogP contribution >= 0.6 is 15.9 Å². The Morgan fingerprint density at radius 3 is 2.95 bits per heavy atom. The van der Waals surface area contributed by atoms with Gasteiger partial charge in [0.25, 0.3) is 5.56 Å². The fourth-order valence-corrected chi connectivity index (χ4v) is 2.13. The third-order valence-electron chi connectivity index (χ3n) is 2.77. The molecule has 0 spiro atoms. The Labute approximate surface area is 125 Å². The molecule has 0 saturated carbocycles. The molecule has 0 aliphatic rings. The molecule has 0 aliphatic heterocycles. The maximum absolute atomic E-state index is 11.1. The summed E-state index contributed by atoms with van der Waals surface area (Å²) in [4.78, 5) is 22.0. The molecule has 2 heterocycles. The number of anilines is 2. The predicted molar refractivity (Wildman–Crippen MR) is 82.6 cm³/mol. The van der Waals surface area contributed by atoms with Crippen LogP contribution in [0, 0.1) is 0 Å². The van der Waals surface area contributed by atoms with Crippen LogP contribution < -0.4 is 16.6 Å². The van der Waals surface area contributed by atoms with Crippen LogP contribution in [0.2, 0.25) is 0 Å². The van der Waals surface area contributed by atoms with Gasteiger partial charge in [0.2, 0.25) is 5.95 Å². The quantitative estimate of drug-likeness (QED) is 0.700. The van der Waals surface area contributed by atoms with E-state index < -0.39 is 0 Å². The summed E-state index contributed by atoms with van der Waals surface area (Å²) in [6.45, 7) is 0.739. The van der Waals surface area contributed by atoms with Crippen molar-refractivity contribution in [1.29, 1.82) is 0 Å². The maximum Gasteiger partial charge on any atom is 0.252 e. The highest BCUT2D eigenvalue weighted by molar-refractivity contribution is 9.10. The molecular formula is C13H16BrN5O. The second-order valence-corrected chi connectivity index (χ2v) is 5.27. The molecular weight excluding hydrogens is 322 g/mol. The highest BCUT2D eigenvalue weighted by atomic mass is 79.9. The molecule has 4 N–H and O–H groups in total. The van der Waals surface area contributed by atoms with E-state index >= 15 is 0 Å². The van der Waals surface area contributed by atoms with E-state index in [1.165, 1.54) is 12.3 Å². The van der Waals surface area contributed by atoms with Crippen LogP contribution in [0.4, 0.5) is 11.6 Å². The summed E-state index contributed by atoms with van der Waals surface area (Å²) in [5, 5.41) is 3.07. The standard InChI is InChI=1S/C13H16BrN5O/c14-9-7-10(15)11(18-8-9)3-1-2-5-16-13-17-6-4-12(20)19-13/h4,6-8H,1-3,5,15H2,(H2,16,17,19,20). The number of halogens is 1. The van der Waals surface area contributed by atoms with Crippen LogP contribution in [-0.4, -0.2) is 21.5 Å². The van der Waals surface area contributed by atoms with Crippen molar-refractivity contribution >= 4 is 27.6 Å². The smallest absolute Gasteiger partial charge is 0.252 e. The van der Waals surface area contributed by atoms with Crippen molar-refractivity contribution in [3.8, 4) is 0 Å². The second-order valence-electron chi connectivity index (χ2n) is 4.36. The van der Waals surface area contributed by atoms with Crippen molar-refractivity contribution in [2.45, 2.75) is 19.3 Å². The van der Waals surface area contributed by atoms with E-state index in [1.54, 1.807) is 6.20 Å². The fourth-order valence-electron chi connectivity index (χ4n) is 1.78. The van der Waals surface area contributed by atoms with Crippen molar-refractivity contribution < 1.29 is 0 Å². The SMILES string of the molecule is Nc1cc(Br)cnc1CCCCNc1nccc(=O)[nH]1. The number of nitrogens with two attached hydrogens (primary N) is 1. The Morgan fingerprint density at radius 1 is 1.35 bits per heavy atom. The van der Waals surface area contributed by atoms with Gasteiger partial charge in [0.15, 0.2) is 0 Å². The van der Waals surface area contributed by atoms with Gasteiger partial charge in [-0.3, -0.25) is 14.8 Å². The first-order valence-corrected chi connectivity index (χ1v) is 7.13. The molecule has 6 nitrogen and oxygen atoms in total. The zero-order chi connectivity index (χ0) is 14.4. The Bertz CT molecular complexity index is 628.